The van der Waals surface area contributed by atoms with E-state index >= 15 is 0 Å². The molecule has 2 atom stereocenters. The van der Waals surface area contributed by atoms with E-state index in [1.165, 1.54) is 11.1 Å². The van der Waals surface area contributed by atoms with Gasteiger partial charge >= 0.3 is 0 Å². The Morgan fingerprint density at radius 3 is 2.12 bits per heavy atom. The van der Waals surface area contributed by atoms with Crippen molar-refractivity contribution in [3.05, 3.63) is 34.9 Å². The highest BCUT2D eigenvalue weighted by atomic mass is 16.5. The quantitative estimate of drug-likeness (QED) is 0.829. The number of hydrogen-bond donors (Lipinski definition) is 1. The fraction of sp³-hybridized carbons (Fsp3) is 0.571. The molecule has 0 spiro atoms. The van der Waals surface area contributed by atoms with Crippen molar-refractivity contribution in [2.24, 2.45) is 0 Å². The predicted molar refractivity (Wildman–Crippen MR) is 66.6 cm³/mol. The molecule has 0 saturated heterocycles. The summed E-state index contributed by atoms with van der Waals surface area (Å²) in [5, 5.41) is 10.2. The molecule has 0 aromatic heterocycles. The molecular formula is C14H22O2. The van der Waals surface area contributed by atoms with Gasteiger partial charge in [-0.25, -0.2) is 0 Å². The van der Waals surface area contributed by atoms with E-state index in [1.807, 2.05) is 39.8 Å². The maximum absolute atomic E-state index is 10.2. The minimum absolute atomic E-state index is 0.105. The van der Waals surface area contributed by atoms with Gasteiger partial charge in [0.1, 0.15) is 6.10 Å². The minimum Gasteiger partial charge on any atom is -0.386 e. The van der Waals surface area contributed by atoms with Crippen LogP contribution < -0.4 is 0 Å². The molecule has 1 rings (SSSR count). The smallest absolute Gasteiger partial charge is 0.105 e. The van der Waals surface area contributed by atoms with E-state index in [9.17, 15) is 5.11 Å². The molecule has 0 amide bonds. The van der Waals surface area contributed by atoms with Crippen molar-refractivity contribution in [2.45, 2.75) is 46.3 Å². The maximum Gasteiger partial charge on any atom is 0.105 e. The van der Waals surface area contributed by atoms with Crippen LogP contribution in [0.5, 0.6) is 0 Å². The lowest BCUT2D eigenvalue weighted by atomic mass is 9.98. The van der Waals surface area contributed by atoms with Crippen molar-refractivity contribution < 1.29 is 9.84 Å². The Kier molecular flexibility index (Phi) is 4.97. The predicted octanol–water partition coefficient (Wildman–Crippen LogP) is 3.15. The number of hydrogen-bond acceptors (Lipinski definition) is 2. The summed E-state index contributed by atoms with van der Waals surface area (Å²) in [7, 11) is 0. The first-order valence-corrected chi connectivity index (χ1v) is 5.96. The van der Waals surface area contributed by atoms with Gasteiger partial charge < -0.3 is 9.84 Å². The molecule has 2 heteroatoms. The molecule has 90 valence electrons. The molecule has 1 N–H and O–H groups in total. The summed E-state index contributed by atoms with van der Waals surface area (Å²) in [5.41, 5.74) is 3.32. The third kappa shape index (κ3) is 3.32. The van der Waals surface area contributed by atoms with Gasteiger partial charge in [0.2, 0.25) is 0 Å². The highest BCUT2D eigenvalue weighted by Gasteiger charge is 2.19. The third-order valence-electron chi connectivity index (χ3n) is 2.72. The first-order chi connectivity index (χ1) is 7.58. The Bertz CT molecular complexity index is 313. The molecule has 2 nitrogen and oxygen atoms in total. The standard InChI is InChI=1S/C14H22O2/c1-5-13(16-6-2)14(15)12-8-10(3)7-11(4)9-12/h7-9,13-15H,5-6H2,1-4H3. The zero-order valence-corrected chi connectivity index (χ0v) is 10.7. The van der Waals surface area contributed by atoms with Crippen LogP contribution in [0.4, 0.5) is 0 Å². The number of aryl methyl sites for hydroxylation is 2. The van der Waals surface area contributed by atoms with Crippen LogP contribution in [0.15, 0.2) is 18.2 Å². The first-order valence-electron chi connectivity index (χ1n) is 5.96. The molecule has 2 unspecified atom stereocenters. The second kappa shape index (κ2) is 6.02. The van der Waals surface area contributed by atoms with Gasteiger partial charge in [-0.05, 0) is 32.8 Å². The first kappa shape index (κ1) is 13.2. The number of ether oxygens (including phenoxy) is 1. The lowest BCUT2D eigenvalue weighted by Crippen LogP contribution is -2.21. The van der Waals surface area contributed by atoms with E-state index in [-0.39, 0.29) is 6.10 Å². The molecule has 0 saturated carbocycles. The molecule has 0 aliphatic heterocycles. The molecule has 0 heterocycles. The number of benzene rings is 1. The Labute approximate surface area is 98.3 Å². The van der Waals surface area contributed by atoms with Crippen LogP contribution in [0.2, 0.25) is 0 Å². The van der Waals surface area contributed by atoms with Gasteiger partial charge in [-0.15, -0.1) is 0 Å². The van der Waals surface area contributed by atoms with E-state index in [4.69, 9.17) is 4.74 Å². The van der Waals surface area contributed by atoms with Crippen molar-refractivity contribution in [1.82, 2.24) is 0 Å². The minimum atomic E-state index is -0.524. The second-order valence-corrected chi connectivity index (χ2v) is 4.27. The van der Waals surface area contributed by atoms with Crippen LogP contribution in [-0.4, -0.2) is 17.8 Å². The van der Waals surface area contributed by atoms with Crippen molar-refractivity contribution in [1.29, 1.82) is 0 Å². The number of rotatable bonds is 5. The summed E-state index contributed by atoms with van der Waals surface area (Å²) in [6.45, 7) is 8.72. The molecule has 0 aliphatic rings. The van der Waals surface area contributed by atoms with Crippen LogP contribution in [0.1, 0.15) is 43.1 Å². The normalized spacial score (nSPS) is 14.8. The summed E-state index contributed by atoms with van der Waals surface area (Å²) in [6.07, 6.45) is 0.192. The Morgan fingerprint density at radius 2 is 1.69 bits per heavy atom. The number of aliphatic hydroxyl groups is 1. The summed E-state index contributed by atoms with van der Waals surface area (Å²) < 4.78 is 5.54. The molecule has 16 heavy (non-hydrogen) atoms. The van der Waals surface area contributed by atoms with E-state index in [2.05, 4.69) is 6.07 Å². The third-order valence-corrected chi connectivity index (χ3v) is 2.72. The summed E-state index contributed by atoms with van der Waals surface area (Å²) in [6, 6.07) is 6.16. The van der Waals surface area contributed by atoms with E-state index in [0.717, 1.165) is 12.0 Å². The summed E-state index contributed by atoms with van der Waals surface area (Å²) in [5.74, 6) is 0. The second-order valence-electron chi connectivity index (χ2n) is 4.27. The Hall–Kier alpha value is -0.860. The maximum atomic E-state index is 10.2. The van der Waals surface area contributed by atoms with Gasteiger partial charge in [-0.2, -0.15) is 0 Å². The monoisotopic (exact) mass is 222 g/mol. The Morgan fingerprint density at radius 1 is 1.12 bits per heavy atom. The molecule has 0 radical (unpaired) electrons. The summed E-state index contributed by atoms with van der Waals surface area (Å²) in [4.78, 5) is 0. The molecular weight excluding hydrogens is 200 g/mol. The van der Waals surface area contributed by atoms with E-state index in [0.29, 0.717) is 6.61 Å². The topological polar surface area (TPSA) is 29.5 Å². The van der Waals surface area contributed by atoms with Crippen LogP contribution in [0, 0.1) is 13.8 Å². The zero-order valence-electron chi connectivity index (χ0n) is 10.7. The van der Waals surface area contributed by atoms with Gasteiger partial charge in [-0.1, -0.05) is 36.2 Å². The average Bonchev–Trinajstić information content (AvgIpc) is 2.23. The Balaban J connectivity index is 2.89. The molecule has 0 fully saturated rings. The number of aliphatic hydroxyl groups excluding tert-OH is 1. The highest BCUT2D eigenvalue weighted by Crippen LogP contribution is 2.23. The fourth-order valence-electron chi connectivity index (χ4n) is 2.04. The van der Waals surface area contributed by atoms with Gasteiger partial charge in [0.05, 0.1) is 6.10 Å². The molecule has 1 aromatic rings. The molecule has 0 bridgehead atoms. The largest absolute Gasteiger partial charge is 0.386 e. The van der Waals surface area contributed by atoms with Crippen LogP contribution in [0.3, 0.4) is 0 Å². The van der Waals surface area contributed by atoms with Crippen LogP contribution >= 0.6 is 0 Å². The molecule has 1 aromatic carbocycles. The van der Waals surface area contributed by atoms with Crippen molar-refractivity contribution in [2.75, 3.05) is 6.61 Å². The van der Waals surface area contributed by atoms with E-state index in [1.54, 1.807) is 0 Å². The zero-order chi connectivity index (χ0) is 12.1. The lowest BCUT2D eigenvalue weighted by Gasteiger charge is -2.22. The van der Waals surface area contributed by atoms with Crippen LogP contribution in [-0.2, 0) is 4.74 Å². The highest BCUT2D eigenvalue weighted by molar-refractivity contribution is 5.30. The van der Waals surface area contributed by atoms with Gasteiger partial charge in [0.25, 0.3) is 0 Å². The van der Waals surface area contributed by atoms with Crippen LogP contribution in [0.25, 0.3) is 0 Å². The van der Waals surface area contributed by atoms with Gasteiger partial charge in [-0.3, -0.25) is 0 Å². The lowest BCUT2D eigenvalue weighted by molar-refractivity contribution is -0.0356. The average molecular weight is 222 g/mol. The molecule has 0 aliphatic carbocycles. The fourth-order valence-corrected chi connectivity index (χ4v) is 2.04. The van der Waals surface area contributed by atoms with Crippen molar-refractivity contribution in [3.63, 3.8) is 0 Å². The van der Waals surface area contributed by atoms with Gasteiger partial charge in [0, 0.05) is 6.61 Å². The van der Waals surface area contributed by atoms with Crippen molar-refractivity contribution in [3.8, 4) is 0 Å². The van der Waals surface area contributed by atoms with Crippen molar-refractivity contribution >= 4 is 0 Å². The summed E-state index contributed by atoms with van der Waals surface area (Å²) >= 11 is 0. The van der Waals surface area contributed by atoms with E-state index < -0.39 is 6.10 Å². The SMILES string of the molecule is CCOC(CC)C(O)c1cc(C)cc(C)c1. The van der Waals surface area contributed by atoms with Gasteiger partial charge in [0.15, 0.2) is 0 Å².